The van der Waals surface area contributed by atoms with E-state index in [4.69, 9.17) is 0 Å². The average molecular weight is 336 g/mol. The third kappa shape index (κ3) is 3.13. The second kappa shape index (κ2) is 6.65. The standard InChI is InChI=1S/C18H20N6O/c19-8-12-2-1-3-22-18(12)24-10-13-6-15(16(25)7-14(13)11-24)23-17-9-20-4-5-21-17/h1-5,9,13-16,25H,6-7,10-11H2,(H,21,23)/t13-,14+,15-,16-/m1/s1. The maximum Gasteiger partial charge on any atom is 0.146 e. The van der Waals surface area contributed by atoms with E-state index in [0.29, 0.717) is 23.2 Å². The molecule has 4 atom stereocenters. The fraction of sp³-hybridized carbons (Fsp3) is 0.444. The first kappa shape index (κ1) is 15.8. The Morgan fingerprint density at radius 2 is 2.00 bits per heavy atom. The van der Waals surface area contributed by atoms with E-state index in [1.807, 2.05) is 0 Å². The van der Waals surface area contributed by atoms with Gasteiger partial charge in [0.2, 0.25) is 0 Å². The number of rotatable bonds is 3. The highest BCUT2D eigenvalue weighted by Gasteiger charge is 2.42. The Hall–Kier alpha value is -2.72. The van der Waals surface area contributed by atoms with E-state index in [2.05, 4.69) is 31.2 Å². The van der Waals surface area contributed by atoms with Gasteiger partial charge in [0.25, 0.3) is 0 Å². The third-order valence-corrected chi connectivity index (χ3v) is 5.24. The number of aliphatic hydroxyl groups is 1. The second-order valence-corrected chi connectivity index (χ2v) is 6.79. The fourth-order valence-corrected chi connectivity index (χ4v) is 4.06. The maximum atomic E-state index is 10.5. The van der Waals surface area contributed by atoms with Crippen molar-refractivity contribution in [1.82, 2.24) is 15.0 Å². The molecule has 1 saturated carbocycles. The second-order valence-electron chi connectivity index (χ2n) is 6.79. The van der Waals surface area contributed by atoms with E-state index >= 15 is 0 Å². The van der Waals surface area contributed by atoms with Crippen molar-refractivity contribution in [1.29, 1.82) is 5.26 Å². The molecule has 0 unspecified atom stereocenters. The van der Waals surface area contributed by atoms with Crippen molar-refractivity contribution in [2.24, 2.45) is 11.8 Å². The Labute approximate surface area is 146 Å². The zero-order valence-electron chi connectivity index (χ0n) is 13.8. The lowest BCUT2D eigenvalue weighted by molar-refractivity contribution is 0.0737. The largest absolute Gasteiger partial charge is 0.391 e. The molecule has 2 fully saturated rings. The van der Waals surface area contributed by atoms with Crippen LogP contribution in [-0.2, 0) is 0 Å². The van der Waals surface area contributed by atoms with Gasteiger partial charge in [-0.1, -0.05) is 0 Å². The van der Waals surface area contributed by atoms with E-state index < -0.39 is 6.10 Å². The minimum atomic E-state index is -0.414. The van der Waals surface area contributed by atoms with Crippen LogP contribution >= 0.6 is 0 Å². The molecule has 7 heteroatoms. The number of anilines is 2. The molecule has 128 valence electrons. The van der Waals surface area contributed by atoms with Crippen LogP contribution in [0.2, 0.25) is 0 Å². The average Bonchev–Trinajstić information content (AvgIpc) is 3.05. The normalized spacial score (nSPS) is 28.2. The van der Waals surface area contributed by atoms with Crippen LogP contribution in [0, 0.1) is 23.2 Å². The quantitative estimate of drug-likeness (QED) is 0.875. The SMILES string of the molecule is N#Cc1cccnc1N1C[C@H]2C[C@@H](Nc3cnccn3)[C@H](O)C[C@H]2C1. The van der Waals surface area contributed by atoms with Crippen molar-refractivity contribution in [3.8, 4) is 6.07 Å². The first-order valence-electron chi connectivity index (χ1n) is 8.55. The zero-order chi connectivity index (χ0) is 17.2. The lowest BCUT2D eigenvalue weighted by Crippen LogP contribution is -2.43. The summed E-state index contributed by atoms with van der Waals surface area (Å²) in [7, 11) is 0. The smallest absolute Gasteiger partial charge is 0.146 e. The van der Waals surface area contributed by atoms with Gasteiger partial charge in [0.1, 0.15) is 17.7 Å². The summed E-state index contributed by atoms with van der Waals surface area (Å²) in [6, 6.07) is 5.78. The molecule has 2 N–H and O–H groups in total. The Kier molecular flexibility index (Phi) is 4.20. The van der Waals surface area contributed by atoms with Crippen LogP contribution in [0.25, 0.3) is 0 Å². The number of aromatic nitrogens is 3. The van der Waals surface area contributed by atoms with Crippen molar-refractivity contribution in [3.05, 3.63) is 42.5 Å². The van der Waals surface area contributed by atoms with Gasteiger partial charge in [0.05, 0.1) is 23.9 Å². The minimum absolute atomic E-state index is 0.0305. The van der Waals surface area contributed by atoms with Crippen LogP contribution < -0.4 is 10.2 Å². The Morgan fingerprint density at radius 3 is 2.76 bits per heavy atom. The molecule has 2 aliphatic rings. The van der Waals surface area contributed by atoms with Gasteiger partial charge in [-0.3, -0.25) is 4.98 Å². The van der Waals surface area contributed by atoms with Crippen LogP contribution in [0.3, 0.4) is 0 Å². The van der Waals surface area contributed by atoms with Crippen molar-refractivity contribution < 1.29 is 5.11 Å². The predicted octanol–water partition coefficient (Wildman–Crippen LogP) is 1.43. The summed E-state index contributed by atoms with van der Waals surface area (Å²) in [6.07, 6.45) is 7.87. The number of nitrogens with zero attached hydrogens (tertiary/aromatic N) is 5. The highest BCUT2D eigenvalue weighted by molar-refractivity contribution is 5.54. The first-order valence-corrected chi connectivity index (χ1v) is 8.55. The monoisotopic (exact) mass is 336 g/mol. The van der Waals surface area contributed by atoms with Gasteiger partial charge < -0.3 is 15.3 Å². The van der Waals surface area contributed by atoms with Crippen LogP contribution in [0.4, 0.5) is 11.6 Å². The summed E-state index contributed by atoms with van der Waals surface area (Å²) < 4.78 is 0. The molecule has 0 amide bonds. The number of nitrogens with one attached hydrogen (secondary N) is 1. The number of hydrogen-bond acceptors (Lipinski definition) is 7. The molecule has 2 aromatic heterocycles. The molecule has 0 bridgehead atoms. The summed E-state index contributed by atoms with van der Waals surface area (Å²) in [5.41, 5.74) is 0.607. The van der Waals surface area contributed by atoms with E-state index in [-0.39, 0.29) is 6.04 Å². The van der Waals surface area contributed by atoms with Gasteiger partial charge in [-0.2, -0.15) is 5.26 Å². The van der Waals surface area contributed by atoms with Crippen LogP contribution in [-0.4, -0.2) is 45.3 Å². The predicted molar refractivity (Wildman–Crippen MR) is 92.8 cm³/mol. The number of fused-ring (bicyclic) bond motifs is 1. The molecule has 2 aromatic rings. The highest BCUT2D eigenvalue weighted by Crippen LogP contribution is 2.39. The Balaban J connectivity index is 1.48. The molecule has 1 saturated heterocycles. The summed E-state index contributed by atoms with van der Waals surface area (Å²) in [5, 5.41) is 23.2. The zero-order valence-corrected chi connectivity index (χ0v) is 13.8. The molecule has 25 heavy (non-hydrogen) atoms. The van der Waals surface area contributed by atoms with Gasteiger partial charge in [-0.05, 0) is 36.8 Å². The van der Waals surface area contributed by atoms with Crippen molar-refractivity contribution in [2.45, 2.75) is 25.0 Å². The summed E-state index contributed by atoms with van der Waals surface area (Å²) in [4.78, 5) is 14.9. The molecule has 1 aliphatic heterocycles. The van der Waals surface area contributed by atoms with E-state index in [1.54, 1.807) is 36.9 Å². The number of aliphatic hydroxyl groups excluding tert-OH is 1. The highest BCUT2D eigenvalue weighted by atomic mass is 16.3. The Bertz CT molecular complexity index is 777. The first-order chi connectivity index (χ1) is 12.2. The van der Waals surface area contributed by atoms with E-state index in [1.165, 1.54) is 0 Å². The number of pyridine rings is 1. The lowest BCUT2D eigenvalue weighted by atomic mass is 9.77. The summed E-state index contributed by atoms with van der Waals surface area (Å²) >= 11 is 0. The molecular formula is C18H20N6O. The summed E-state index contributed by atoms with van der Waals surface area (Å²) in [6.45, 7) is 1.70. The number of hydrogen-bond donors (Lipinski definition) is 2. The van der Waals surface area contributed by atoms with Crippen molar-refractivity contribution in [2.75, 3.05) is 23.3 Å². The minimum Gasteiger partial charge on any atom is -0.391 e. The maximum absolute atomic E-state index is 10.5. The Morgan fingerprint density at radius 1 is 1.16 bits per heavy atom. The lowest BCUT2D eigenvalue weighted by Gasteiger charge is -2.35. The van der Waals surface area contributed by atoms with Crippen LogP contribution in [0.15, 0.2) is 36.9 Å². The molecule has 4 rings (SSSR count). The van der Waals surface area contributed by atoms with Crippen LogP contribution in [0.1, 0.15) is 18.4 Å². The van der Waals surface area contributed by atoms with Gasteiger partial charge in [-0.25, -0.2) is 9.97 Å². The van der Waals surface area contributed by atoms with Gasteiger partial charge in [0, 0.05) is 31.7 Å². The third-order valence-electron chi connectivity index (χ3n) is 5.24. The van der Waals surface area contributed by atoms with Crippen LogP contribution in [0.5, 0.6) is 0 Å². The molecule has 7 nitrogen and oxygen atoms in total. The van der Waals surface area contributed by atoms with Gasteiger partial charge in [0.15, 0.2) is 0 Å². The molecule has 3 heterocycles. The molecular weight excluding hydrogens is 316 g/mol. The number of nitriles is 1. The fourth-order valence-electron chi connectivity index (χ4n) is 4.06. The van der Waals surface area contributed by atoms with E-state index in [0.717, 1.165) is 31.7 Å². The molecule has 0 aromatic carbocycles. The summed E-state index contributed by atoms with van der Waals surface area (Å²) in [5.74, 6) is 2.33. The van der Waals surface area contributed by atoms with Crippen molar-refractivity contribution in [3.63, 3.8) is 0 Å². The van der Waals surface area contributed by atoms with Gasteiger partial charge in [-0.15, -0.1) is 0 Å². The molecule has 1 aliphatic carbocycles. The van der Waals surface area contributed by atoms with Gasteiger partial charge >= 0.3 is 0 Å². The topological polar surface area (TPSA) is 98.0 Å². The van der Waals surface area contributed by atoms with E-state index in [9.17, 15) is 10.4 Å². The molecule has 0 spiro atoms. The van der Waals surface area contributed by atoms with Crippen molar-refractivity contribution >= 4 is 11.6 Å². The molecule has 0 radical (unpaired) electrons.